The molecule has 2 aliphatic rings. The van der Waals surface area contributed by atoms with Gasteiger partial charge in [0.1, 0.15) is 0 Å². The lowest BCUT2D eigenvalue weighted by Gasteiger charge is -2.38. The number of likely N-dealkylation sites (N-methyl/N-ethyl adjacent to an activating group) is 1. The summed E-state index contributed by atoms with van der Waals surface area (Å²) in [6.07, 6.45) is 5.93. The molecule has 1 amide bonds. The highest BCUT2D eigenvalue weighted by Crippen LogP contribution is 2.38. The molecule has 0 aromatic heterocycles. The lowest BCUT2D eigenvalue weighted by Crippen LogP contribution is -2.54. The molecule has 0 spiro atoms. The van der Waals surface area contributed by atoms with Crippen LogP contribution in [0.15, 0.2) is 0 Å². The monoisotopic (exact) mass is 238 g/mol. The Morgan fingerprint density at radius 3 is 2.71 bits per heavy atom. The summed E-state index contributed by atoms with van der Waals surface area (Å²) in [5, 5.41) is 3.16. The van der Waals surface area contributed by atoms with Gasteiger partial charge in [0.15, 0.2) is 0 Å². The fourth-order valence-electron chi connectivity index (χ4n) is 3.74. The number of nitrogens with one attached hydrogen (secondary N) is 1. The normalized spacial score (nSPS) is 38.8. The Morgan fingerprint density at radius 1 is 1.35 bits per heavy atom. The van der Waals surface area contributed by atoms with Gasteiger partial charge in [-0.3, -0.25) is 4.79 Å². The first-order valence-electron chi connectivity index (χ1n) is 7.16. The van der Waals surface area contributed by atoms with Crippen molar-refractivity contribution in [2.45, 2.75) is 58.0 Å². The topological polar surface area (TPSA) is 32.3 Å². The molecule has 1 heterocycles. The highest BCUT2D eigenvalue weighted by Gasteiger charge is 2.40. The van der Waals surface area contributed by atoms with Crippen molar-refractivity contribution in [3.63, 3.8) is 0 Å². The number of hydrogen-bond acceptors (Lipinski definition) is 2. The van der Waals surface area contributed by atoms with Gasteiger partial charge < -0.3 is 10.2 Å². The molecule has 3 nitrogen and oxygen atoms in total. The van der Waals surface area contributed by atoms with Crippen LogP contribution < -0.4 is 5.32 Å². The van der Waals surface area contributed by atoms with Crippen LogP contribution in [-0.4, -0.2) is 36.5 Å². The fourth-order valence-corrected chi connectivity index (χ4v) is 3.74. The molecule has 4 unspecified atom stereocenters. The maximum Gasteiger partial charge on any atom is 0.239 e. The Kier molecular flexibility index (Phi) is 4.08. The third-order valence-electron chi connectivity index (χ3n) is 4.93. The Balaban J connectivity index is 2.04. The summed E-state index contributed by atoms with van der Waals surface area (Å²) in [4.78, 5) is 14.5. The van der Waals surface area contributed by atoms with Gasteiger partial charge in [0, 0.05) is 12.6 Å². The molecule has 2 fully saturated rings. The third kappa shape index (κ3) is 2.35. The Labute approximate surface area is 105 Å². The van der Waals surface area contributed by atoms with Gasteiger partial charge in [-0.1, -0.05) is 20.3 Å². The van der Waals surface area contributed by atoms with Crippen LogP contribution in [0.5, 0.6) is 0 Å². The van der Waals surface area contributed by atoms with Crippen molar-refractivity contribution in [2.75, 3.05) is 13.6 Å². The lowest BCUT2D eigenvalue weighted by molar-refractivity contribution is -0.139. The molecule has 2 rings (SSSR count). The van der Waals surface area contributed by atoms with E-state index in [1.165, 1.54) is 19.3 Å². The summed E-state index contributed by atoms with van der Waals surface area (Å²) >= 11 is 0. The average molecular weight is 238 g/mol. The summed E-state index contributed by atoms with van der Waals surface area (Å²) in [7, 11) is 1.90. The number of nitrogens with zero attached hydrogens (tertiary/aromatic N) is 1. The highest BCUT2D eigenvalue weighted by atomic mass is 16.2. The van der Waals surface area contributed by atoms with E-state index in [4.69, 9.17) is 0 Å². The van der Waals surface area contributed by atoms with Crippen LogP contribution >= 0.6 is 0 Å². The van der Waals surface area contributed by atoms with Crippen molar-refractivity contribution < 1.29 is 4.79 Å². The molecule has 17 heavy (non-hydrogen) atoms. The van der Waals surface area contributed by atoms with Crippen LogP contribution in [0.1, 0.15) is 46.0 Å². The SMILES string of the molecule is CCC1CCC(N2CCCC(NC)C2=O)C1C. The predicted octanol–water partition coefficient (Wildman–Crippen LogP) is 2.02. The van der Waals surface area contributed by atoms with Gasteiger partial charge in [0.05, 0.1) is 6.04 Å². The first kappa shape index (κ1) is 12.9. The van der Waals surface area contributed by atoms with E-state index >= 15 is 0 Å². The Hall–Kier alpha value is -0.570. The van der Waals surface area contributed by atoms with E-state index in [0.29, 0.717) is 17.9 Å². The molecule has 0 aromatic carbocycles. The third-order valence-corrected chi connectivity index (χ3v) is 4.93. The molecule has 4 atom stereocenters. The molecular formula is C14H26N2O. The van der Waals surface area contributed by atoms with Gasteiger partial charge in [0.2, 0.25) is 5.91 Å². The van der Waals surface area contributed by atoms with Crippen molar-refractivity contribution in [3.8, 4) is 0 Å². The smallest absolute Gasteiger partial charge is 0.239 e. The van der Waals surface area contributed by atoms with Gasteiger partial charge in [-0.05, 0) is 44.6 Å². The van der Waals surface area contributed by atoms with Gasteiger partial charge in [0.25, 0.3) is 0 Å². The zero-order valence-electron chi connectivity index (χ0n) is 11.4. The molecule has 1 aliphatic carbocycles. The number of amides is 1. The molecule has 3 heteroatoms. The molecule has 1 saturated heterocycles. The summed E-state index contributed by atoms with van der Waals surface area (Å²) in [5.74, 6) is 1.84. The van der Waals surface area contributed by atoms with Crippen molar-refractivity contribution in [2.24, 2.45) is 11.8 Å². The lowest BCUT2D eigenvalue weighted by atomic mass is 9.91. The standard InChI is InChI=1S/C14H26N2O/c1-4-11-7-8-13(10(11)2)16-9-5-6-12(15-3)14(16)17/h10-13,15H,4-9H2,1-3H3. The second kappa shape index (κ2) is 5.38. The van der Waals surface area contributed by atoms with E-state index in [2.05, 4.69) is 24.1 Å². The Bertz CT molecular complexity index is 279. The van der Waals surface area contributed by atoms with Crippen molar-refractivity contribution in [1.29, 1.82) is 0 Å². The van der Waals surface area contributed by atoms with Crippen LogP contribution in [0.3, 0.4) is 0 Å². The maximum atomic E-state index is 12.3. The summed E-state index contributed by atoms with van der Waals surface area (Å²) < 4.78 is 0. The van der Waals surface area contributed by atoms with E-state index in [-0.39, 0.29) is 6.04 Å². The summed E-state index contributed by atoms with van der Waals surface area (Å²) in [6.45, 7) is 5.59. The number of piperidine rings is 1. The van der Waals surface area contributed by atoms with Crippen LogP contribution in [0.4, 0.5) is 0 Å². The van der Waals surface area contributed by atoms with Crippen LogP contribution in [0, 0.1) is 11.8 Å². The van der Waals surface area contributed by atoms with Crippen molar-refractivity contribution in [3.05, 3.63) is 0 Å². The van der Waals surface area contributed by atoms with Crippen LogP contribution in [0.2, 0.25) is 0 Å². The van der Waals surface area contributed by atoms with Gasteiger partial charge in [-0.15, -0.1) is 0 Å². The second-order valence-corrected chi connectivity index (χ2v) is 5.69. The number of likely N-dealkylation sites (tertiary alicyclic amines) is 1. The van der Waals surface area contributed by atoms with E-state index in [9.17, 15) is 4.79 Å². The maximum absolute atomic E-state index is 12.3. The molecule has 1 saturated carbocycles. The van der Waals surface area contributed by atoms with Gasteiger partial charge in [-0.25, -0.2) is 0 Å². The summed E-state index contributed by atoms with van der Waals surface area (Å²) in [6, 6.07) is 0.570. The first-order chi connectivity index (χ1) is 8.19. The van der Waals surface area contributed by atoms with E-state index in [1.807, 2.05) is 7.05 Å². The molecule has 0 bridgehead atoms. The van der Waals surface area contributed by atoms with Gasteiger partial charge >= 0.3 is 0 Å². The largest absolute Gasteiger partial charge is 0.338 e. The molecular weight excluding hydrogens is 212 g/mol. The number of hydrogen-bond donors (Lipinski definition) is 1. The minimum absolute atomic E-state index is 0.0663. The average Bonchev–Trinajstić information content (AvgIpc) is 2.71. The number of carbonyl (C=O) groups excluding carboxylic acids is 1. The molecule has 1 aliphatic heterocycles. The zero-order valence-corrected chi connectivity index (χ0v) is 11.4. The van der Waals surface area contributed by atoms with E-state index in [0.717, 1.165) is 25.3 Å². The molecule has 98 valence electrons. The molecule has 0 aromatic rings. The van der Waals surface area contributed by atoms with Crippen molar-refractivity contribution in [1.82, 2.24) is 10.2 Å². The quantitative estimate of drug-likeness (QED) is 0.816. The molecule has 0 radical (unpaired) electrons. The number of carbonyl (C=O) groups is 1. The minimum atomic E-state index is 0.0663. The fraction of sp³-hybridized carbons (Fsp3) is 0.929. The zero-order chi connectivity index (χ0) is 12.4. The predicted molar refractivity (Wildman–Crippen MR) is 69.8 cm³/mol. The van der Waals surface area contributed by atoms with E-state index in [1.54, 1.807) is 0 Å². The van der Waals surface area contributed by atoms with E-state index < -0.39 is 0 Å². The summed E-state index contributed by atoms with van der Waals surface area (Å²) in [5.41, 5.74) is 0. The number of rotatable bonds is 3. The Morgan fingerprint density at radius 2 is 2.12 bits per heavy atom. The minimum Gasteiger partial charge on any atom is -0.338 e. The van der Waals surface area contributed by atoms with Crippen molar-refractivity contribution >= 4 is 5.91 Å². The first-order valence-corrected chi connectivity index (χ1v) is 7.16. The van der Waals surface area contributed by atoms with Gasteiger partial charge in [-0.2, -0.15) is 0 Å². The molecule has 1 N–H and O–H groups in total. The van der Waals surface area contributed by atoms with Crippen LogP contribution in [0.25, 0.3) is 0 Å². The second-order valence-electron chi connectivity index (χ2n) is 5.69. The van der Waals surface area contributed by atoms with Crippen LogP contribution in [-0.2, 0) is 4.79 Å². The highest BCUT2D eigenvalue weighted by molar-refractivity contribution is 5.83.